The summed E-state index contributed by atoms with van der Waals surface area (Å²) in [6.07, 6.45) is 0.539. The maximum Gasteiger partial charge on any atom is 0.257 e. The summed E-state index contributed by atoms with van der Waals surface area (Å²) in [6, 6.07) is 9.85. The Morgan fingerprint density at radius 3 is 2.61 bits per heavy atom. The predicted molar refractivity (Wildman–Crippen MR) is 68.1 cm³/mol. The third kappa shape index (κ3) is 1.79. The summed E-state index contributed by atoms with van der Waals surface area (Å²) in [4.78, 5) is 2.08. The molecule has 1 N–H and O–H groups in total. The molecule has 2 aliphatic heterocycles. The van der Waals surface area contributed by atoms with Gasteiger partial charge in [0.2, 0.25) is 0 Å². The van der Waals surface area contributed by atoms with Gasteiger partial charge in [-0.2, -0.15) is 0 Å². The first-order valence-electron chi connectivity index (χ1n) is 6.52. The van der Waals surface area contributed by atoms with E-state index in [-0.39, 0.29) is 6.42 Å². The van der Waals surface area contributed by atoms with Gasteiger partial charge in [-0.05, 0) is 18.6 Å². The Balaban J connectivity index is 1.82. The molecule has 0 amide bonds. The second-order valence-corrected chi connectivity index (χ2v) is 5.42. The molecule has 2 nitrogen and oxygen atoms in total. The van der Waals surface area contributed by atoms with Crippen LogP contribution in [-0.2, 0) is 0 Å². The average Bonchev–Trinajstić information content (AvgIpc) is 2.81. The van der Waals surface area contributed by atoms with E-state index in [1.807, 2.05) is 30.3 Å². The molecule has 0 saturated carbocycles. The first-order valence-corrected chi connectivity index (χ1v) is 6.52. The normalized spacial score (nSPS) is 30.9. The Morgan fingerprint density at radius 1 is 1.11 bits per heavy atom. The highest BCUT2D eigenvalue weighted by Crippen LogP contribution is 2.48. The molecule has 0 aromatic heterocycles. The second kappa shape index (κ2) is 4.19. The van der Waals surface area contributed by atoms with E-state index in [9.17, 15) is 8.78 Å². The predicted octanol–water partition coefficient (Wildman–Crippen LogP) is 2.51. The fourth-order valence-corrected chi connectivity index (χ4v) is 3.14. The van der Waals surface area contributed by atoms with Gasteiger partial charge in [-0.1, -0.05) is 18.2 Å². The summed E-state index contributed by atoms with van der Waals surface area (Å²) in [6.45, 7) is 2.04. The fraction of sp³-hybridized carbons (Fsp3) is 0.571. The van der Waals surface area contributed by atoms with Crippen molar-refractivity contribution in [3.8, 4) is 0 Å². The van der Waals surface area contributed by atoms with Crippen LogP contribution < -0.4 is 10.2 Å². The van der Waals surface area contributed by atoms with Gasteiger partial charge in [0, 0.05) is 38.3 Å². The van der Waals surface area contributed by atoms with E-state index in [4.69, 9.17) is 0 Å². The van der Waals surface area contributed by atoms with Crippen LogP contribution in [0.25, 0.3) is 0 Å². The average molecular weight is 252 g/mol. The summed E-state index contributed by atoms with van der Waals surface area (Å²) in [5.74, 6) is -2.54. The van der Waals surface area contributed by atoms with Crippen molar-refractivity contribution in [2.45, 2.75) is 18.8 Å². The largest absolute Gasteiger partial charge is 0.371 e. The Kier molecular flexibility index (Phi) is 2.77. The van der Waals surface area contributed by atoms with Crippen LogP contribution in [0, 0.1) is 5.41 Å². The SMILES string of the molecule is FC1(F)CCNC[C@]12CCN(c1ccccc1)C2. The molecule has 3 rings (SSSR count). The zero-order valence-electron chi connectivity index (χ0n) is 10.3. The zero-order chi connectivity index (χ0) is 12.6. The molecule has 2 fully saturated rings. The third-order valence-corrected chi connectivity index (χ3v) is 4.33. The summed E-state index contributed by atoms with van der Waals surface area (Å²) in [7, 11) is 0. The van der Waals surface area contributed by atoms with E-state index in [0.29, 0.717) is 26.1 Å². The smallest absolute Gasteiger partial charge is 0.257 e. The third-order valence-electron chi connectivity index (χ3n) is 4.33. The molecule has 0 radical (unpaired) electrons. The van der Waals surface area contributed by atoms with Gasteiger partial charge in [0.25, 0.3) is 5.92 Å². The van der Waals surface area contributed by atoms with Crippen molar-refractivity contribution in [1.82, 2.24) is 5.32 Å². The van der Waals surface area contributed by atoms with Crippen molar-refractivity contribution in [3.63, 3.8) is 0 Å². The minimum Gasteiger partial charge on any atom is -0.371 e. The number of piperidine rings is 1. The Bertz CT molecular complexity index is 421. The highest BCUT2D eigenvalue weighted by atomic mass is 19.3. The number of anilines is 1. The first kappa shape index (κ1) is 11.9. The molecular weight excluding hydrogens is 234 g/mol. The summed E-state index contributed by atoms with van der Waals surface area (Å²) >= 11 is 0. The lowest BCUT2D eigenvalue weighted by Gasteiger charge is -2.41. The molecule has 1 aromatic carbocycles. The number of nitrogens with zero attached hydrogens (tertiary/aromatic N) is 1. The van der Waals surface area contributed by atoms with Crippen LogP contribution in [0.3, 0.4) is 0 Å². The van der Waals surface area contributed by atoms with E-state index < -0.39 is 11.3 Å². The van der Waals surface area contributed by atoms with Gasteiger partial charge in [0.1, 0.15) is 0 Å². The van der Waals surface area contributed by atoms with E-state index >= 15 is 0 Å². The van der Waals surface area contributed by atoms with Crippen molar-refractivity contribution in [1.29, 1.82) is 0 Å². The van der Waals surface area contributed by atoms with Gasteiger partial charge in [-0.3, -0.25) is 0 Å². The Morgan fingerprint density at radius 2 is 1.89 bits per heavy atom. The van der Waals surface area contributed by atoms with Crippen molar-refractivity contribution in [2.24, 2.45) is 5.41 Å². The van der Waals surface area contributed by atoms with E-state index in [1.165, 1.54) is 0 Å². The summed E-state index contributed by atoms with van der Waals surface area (Å²) < 4.78 is 28.4. The molecule has 18 heavy (non-hydrogen) atoms. The van der Waals surface area contributed by atoms with Crippen molar-refractivity contribution < 1.29 is 8.78 Å². The number of benzene rings is 1. The van der Waals surface area contributed by atoms with Gasteiger partial charge in [0.05, 0.1) is 5.41 Å². The van der Waals surface area contributed by atoms with Gasteiger partial charge < -0.3 is 10.2 Å². The Hall–Kier alpha value is -1.16. The van der Waals surface area contributed by atoms with Gasteiger partial charge in [0.15, 0.2) is 0 Å². The van der Waals surface area contributed by atoms with Gasteiger partial charge >= 0.3 is 0 Å². The minimum atomic E-state index is -2.54. The van der Waals surface area contributed by atoms with Crippen LogP contribution in [0.4, 0.5) is 14.5 Å². The molecule has 0 unspecified atom stereocenters. The van der Waals surface area contributed by atoms with E-state index in [2.05, 4.69) is 10.2 Å². The lowest BCUT2D eigenvalue weighted by atomic mass is 9.76. The molecule has 2 saturated heterocycles. The zero-order valence-corrected chi connectivity index (χ0v) is 10.3. The monoisotopic (exact) mass is 252 g/mol. The first-order chi connectivity index (χ1) is 8.63. The number of alkyl halides is 2. The van der Waals surface area contributed by atoms with Crippen molar-refractivity contribution in [2.75, 3.05) is 31.1 Å². The lowest BCUT2D eigenvalue weighted by Crippen LogP contribution is -2.55. The Labute approximate surface area is 106 Å². The van der Waals surface area contributed by atoms with E-state index in [1.54, 1.807) is 0 Å². The van der Waals surface area contributed by atoms with Crippen LogP contribution >= 0.6 is 0 Å². The number of halogens is 2. The molecule has 1 atom stereocenters. The maximum absolute atomic E-state index is 14.2. The molecule has 4 heteroatoms. The van der Waals surface area contributed by atoms with Crippen LogP contribution in [0.15, 0.2) is 30.3 Å². The highest BCUT2D eigenvalue weighted by Gasteiger charge is 2.57. The number of para-hydroxylation sites is 1. The molecule has 0 bridgehead atoms. The summed E-state index contributed by atoms with van der Waals surface area (Å²) in [5.41, 5.74) is 0.178. The molecular formula is C14H18F2N2. The molecule has 0 aliphatic carbocycles. The van der Waals surface area contributed by atoms with E-state index in [0.717, 1.165) is 12.2 Å². The molecule has 2 heterocycles. The van der Waals surface area contributed by atoms with Crippen LogP contribution in [0.1, 0.15) is 12.8 Å². The van der Waals surface area contributed by atoms with Gasteiger partial charge in [-0.15, -0.1) is 0 Å². The lowest BCUT2D eigenvalue weighted by molar-refractivity contribution is -0.131. The molecule has 1 spiro atoms. The van der Waals surface area contributed by atoms with Crippen molar-refractivity contribution in [3.05, 3.63) is 30.3 Å². The minimum absolute atomic E-state index is 0.0321. The molecule has 1 aromatic rings. The second-order valence-electron chi connectivity index (χ2n) is 5.42. The maximum atomic E-state index is 14.2. The quantitative estimate of drug-likeness (QED) is 0.826. The molecule has 98 valence electrons. The topological polar surface area (TPSA) is 15.3 Å². The van der Waals surface area contributed by atoms with Gasteiger partial charge in [-0.25, -0.2) is 8.78 Å². The standard InChI is InChI=1S/C14H18F2N2/c15-14(16)6-8-17-10-13(14)7-9-18(11-13)12-4-2-1-3-5-12/h1-5,17H,6-11H2/t13-/m0/s1. The summed E-state index contributed by atoms with van der Waals surface area (Å²) in [5, 5.41) is 3.14. The van der Waals surface area contributed by atoms with Crippen molar-refractivity contribution >= 4 is 5.69 Å². The highest BCUT2D eigenvalue weighted by molar-refractivity contribution is 5.47. The molecule has 2 aliphatic rings. The number of rotatable bonds is 1. The number of hydrogen-bond acceptors (Lipinski definition) is 2. The number of hydrogen-bond donors (Lipinski definition) is 1. The van der Waals surface area contributed by atoms with Crippen LogP contribution in [0.2, 0.25) is 0 Å². The van der Waals surface area contributed by atoms with Crippen LogP contribution in [-0.4, -0.2) is 32.1 Å². The fourth-order valence-electron chi connectivity index (χ4n) is 3.14. The van der Waals surface area contributed by atoms with Crippen LogP contribution in [0.5, 0.6) is 0 Å². The number of nitrogens with one attached hydrogen (secondary N) is 1.